The average molecular weight is 475 g/mol. The number of hydrogen-bond donors (Lipinski definition) is 0. The third-order valence-corrected chi connectivity index (χ3v) is 6.08. The van der Waals surface area contributed by atoms with E-state index < -0.39 is 0 Å². The number of esters is 2. The summed E-state index contributed by atoms with van der Waals surface area (Å²) < 4.78 is 10.5. The molecule has 0 fully saturated rings. The molecule has 0 heterocycles. The van der Waals surface area contributed by atoms with E-state index in [9.17, 15) is 9.59 Å². The molecule has 0 aromatic rings. The number of carbonyl (C=O) groups excluding carboxylic acids is 2. The molecule has 0 aliphatic rings. The van der Waals surface area contributed by atoms with Crippen molar-refractivity contribution in [2.24, 2.45) is 0 Å². The lowest BCUT2D eigenvalue weighted by atomic mass is 10.1. The Labute approximate surface area is 203 Å². The Kier molecular flexibility index (Phi) is 25.8. The Hall–Kier alpha value is -0.770. The molecule has 0 radical (unpaired) electrons. The highest BCUT2D eigenvalue weighted by Crippen LogP contribution is 2.11. The van der Waals surface area contributed by atoms with Gasteiger partial charge in [-0.25, -0.2) is 0 Å². The summed E-state index contributed by atoms with van der Waals surface area (Å²) in [5.74, 6) is 0.375. The van der Waals surface area contributed by atoms with Gasteiger partial charge in [-0.2, -0.15) is 0 Å². The number of rotatable bonds is 25. The van der Waals surface area contributed by atoms with E-state index >= 15 is 0 Å². The molecule has 0 aliphatic heterocycles. The summed E-state index contributed by atoms with van der Waals surface area (Å²) in [5.41, 5.74) is 0. The van der Waals surface area contributed by atoms with Crippen LogP contribution in [-0.4, -0.2) is 31.0 Å². The van der Waals surface area contributed by atoms with Gasteiger partial charge in [0.25, 0.3) is 0 Å². The van der Waals surface area contributed by atoms with Crippen LogP contribution in [0.25, 0.3) is 0 Å². The smallest absolute Gasteiger partial charge is 0.305 e. The highest BCUT2D eigenvalue weighted by Gasteiger charge is 2.07. The van der Waals surface area contributed by atoms with Gasteiger partial charge < -0.3 is 9.47 Å². The first-order valence-corrected chi connectivity index (χ1v) is 14.1. The van der Waals surface area contributed by atoms with Crippen molar-refractivity contribution in [3.63, 3.8) is 0 Å². The van der Waals surface area contributed by atoms with E-state index in [0.29, 0.717) is 32.5 Å². The van der Waals surface area contributed by atoms with Crippen molar-refractivity contribution in [1.82, 2.24) is 0 Å². The van der Waals surface area contributed by atoms with Crippen molar-refractivity contribution < 1.29 is 19.1 Å². The zero-order valence-corrected chi connectivity index (χ0v) is 21.7. The molecule has 0 bridgehead atoms. The maximum atomic E-state index is 11.7. The number of ether oxygens (including phenoxy) is 2. The molecule has 4 nitrogen and oxygen atoms in total. The zero-order chi connectivity index (χ0) is 23.5. The molecule has 0 aromatic carbocycles. The van der Waals surface area contributed by atoms with Crippen LogP contribution in [0, 0.1) is 0 Å². The normalized spacial score (nSPS) is 10.9. The Morgan fingerprint density at radius 2 is 0.844 bits per heavy atom. The van der Waals surface area contributed by atoms with Crippen molar-refractivity contribution in [3.05, 3.63) is 0 Å². The van der Waals surface area contributed by atoms with E-state index in [2.05, 4.69) is 6.92 Å². The molecule has 0 N–H and O–H groups in total. The molecule has 0 rings (SSSR count). The summed E-state index contributed by atoms with van der Waals surface area (Å²) in [6.07, 6.45) is 23.2. The maximum absolute atomic E-state index is 11.7. The van der Waals surface area contributed by atoms with Crippen LogP contribution >= 0.6 is 11.6 Å². The van der Waals surface area contributed by atoms with E-state index in [1.54, 1.807) is 0 Å². The SMILES string of the molecule is CCCCCCCCCCCCOC(=O)CCCC(=O)OCCCCCCCCCCCl. The fourth-order valence-electron chi connectivity index (χ4n) is 3.74. The van der Waals surface area contributed by atoms with Crippen molar-refractivity contribution >= 4 is 23.5 Å². The molecule has 0 aromatic heterocycles. The molecule has 0 unspecified atom stereocenters. The lowest BCUT2D eigenvalue weighted by molar-refractivity contribution is -0.145. The van der Waals surface area contributed by atoms with Crippen LogP contribution in [0.3, 0.4) is 0 Å². The summed E-state index contributed by atoms with van der Waals surface area (Å²) in [6, 6.07) is 0. The van der Waals surface area contributed by atoms with Crippen molar-refractivity contribution in [2.45, 2.75) is 142 Å². The van der Waals surface area contributed by atoms with Crippen LogP contribution in [0.15, 0.2) is 0 Å². The van der Waals surface area contributed by atoms with Crippen LogP contribution < -0.4 is 0 Å². The first-order valence-electron chi connectivity index (χ1n) is 13.6. The Morgan fingerprint density at radius 1 is 0.500 bits per heavy atom. The van der Waals surface area contributed by atoms with Gasteiger partial charge in [0.05, 0.1) is 13.2 Å². The molecule has 0 amide bonds. The van der Waals surface area contributed by atoms with Crippen LogP contribution in [0.1, 0.15) is 142 Å². The Bertz CT molecular complexity index is 414. The van der Waals surface area contributed by atoms with E-state index in [4.69, 9.17) is 21.1 Å². The van der Waals surface area contributed by atoms with E-state index in [-0.39, 0.29) is 11.9 Å². The molecular formula is C27H51ClO4. The standard InChI is InChI=1S/C27H51ClO4/c1-2-3-4-5-6-7-9-12-15-18-24-31-26(29)21-20-22-27(30)32-25-19-16-13-10-8-11-14-17-23-28/h2-25H2,1H3. The van der Waals surface area contributed by atoms with Crippen LogP contribution in [0.2, 0.25) is 0 Å². The minimum absolute atomic E-state index is 0.195. The lowest BCUT2D eigenvalue weighted by Gasteiger charge is -2.06. The summed E-state index contributed by atoms with van der Waals surface area (Å²) in [6.45, 7) is 3.25. The summed E-state index contributed by atoms with van der Waals surface area (Å²) in [4.78, 5) is 23.5. The van der Waals surface area contributed by atoms with Gasteiger partial charge in [0.1, 0.15) is 0 Å². The maximum Gasteiger partial charge on any atom is 0.305 e. The van der Waals surface area contributed by atoms with Crippen molar-refractivity contribution in [3.8, 4) is 0 Å². The first kappa shape index (κ1) is 31.2. The number of unbranched alkanes of at least 4 members (excludes halogenated alkanes) is 16. The van der Waals surface area contributed by atoms with Gasteiger partial charge in [0.2, 0.25) is 0 Å². The molecule has 0 atom stereocenters. The van der Waals surface area contributed by atoms with Crippen LogP contribution in [-0.2, 0) is 19.1 Å². The molecule has 5 heteroatoms. The summed E-state index contributed by atoms with van der Waals surface area (Å²) >= 11 is 5.66. The molecule has 0 aliphatic carbocycles. The predicted molar refractivity (Wildman–Crippen MR) is 135 cm³/mol. The average Bonchev–Trinajstić information content (AvgIpc) is 2.78. The fraction of sp³-hybridized carbons (Fsp3) is 0.926. The van der Waals surface area contributed by atoms with Crippen molar-refractivity contribution in [1.29, 1.82) is 0 Å². The van der Waals surface area contributed by atoms with Gasteiger partial charge in [-0.05, 0) is 25.7 Å². The zero-order valence-electron chi connectivity index (χ0n) is 21.0. The summed E-state index contributed by atoms with van der Waals surface area (Å²) in [5, 5.41) is 0. The number of carbonyl (C=O) groups is 2. The second-order valence-electron chi connectivity index (χ2n) is 8.99. The molecule has 190 valence electrons. The Balaban J connectivity index is 3.29. The highest BCUT2D eigenvalue weighted by atomic mass is 35.5. The largest absolute Gasteiger partial charge is 0.466 e. The molecule has 0 spiro atoms. The van der Waals surface area contributed by atoms with Gasteiger partial charge in [0, 0.05) is 18.7 Å². The van der Waals surface area contributed by atoms with E-state index in [1.807, 2.05) is 0 Å². The second kappa shape index (κ2) is 26.5. The highest BCUT2D eigenvalue weighted by molar-refractivity contribution is 6.17. The van der Waals surface area contributed by atoms with Gasteiger partial charge in [-0.1, -0.05) is 103 Å². The van der Waals surface area contributed by atoms with Crippen LogP contribution in [0.5, 0.6) is 0 Å². The predicted octanol–water partition coefficient (Wildman–Crippen LogP) is 8.52. The molecule has 0 saturated heterocycles. The third kappa shape index (κ3) is 25.5. The van der Waals surface area contributed by atoms with Crippen molar-refractivity contribution in [2.75, 3.05) is 19.1 Å². The fourth-order valence-corrected chi connectivity index (χ4v) is 3.93. The third-order valence-electron chi connectivity index (χ3n) is 5.81. The van der Waals surface area contributed by atoms with Crippen LogP contribution in [0.4, 0.5) is 0 Å². The number of hydrogen-bond acceptors (Lipinski definition) is 4. The Morgan fingerprint density at radius 3 is 1.22 bits per heavy atom. The quantitative estimate of drug-likeness (QED) is 0.0755. The number of alkyl halides is 1. The molecule has 32 heavy (non-hydrogen) atoms. The van der Waals surface area contributed by atoms with Gasteiger partial charge in [-0.15, -0.1) is 11.6 Å². The van der Waals surface area contributed by atoms with E-state index in [1.165, 1.54) is 83.5 Å². The number of halogens is 1. The lowest BCUT2D eigenvalue weighted by Crippen LogP contribution is -2.09. The van der Waals surface area contributed by atoms with Gasteiger partial charge in [0.15, 0.2) is 0 Å². The topological polar surface area (TPSA) is 52.6 Å². The van der Waals surface area contributed by atoms with E-state index in [0.717, 1.165) is 38.0 Å². The summed E-state index contributed by atoms with van der Waals surface area (Å²) in [7, 11) is 0. The first-order chi connectivity index (χ1) is 15.7. The molecular weight excluding hydrogens is 424 g/mol. The monoisotopic (exact) mass is 474 g/mol. The molecule has 0 saturated carbocycles. The minimum atomic E-state index is -0.200. The van der Waals surface area contributed by atoms with Gasteiger partial charge >= 0.3 is 11.9 Å². The van der Waals surface area contributed by atoms with Gasteiger partial charge in [-0.3, -0.25) is 9.59 Å². The second-order valence-corrected chi connectivity index (χ2v) is 9.37. The minimum Gasteiger partial charge on any atom is -0.466 e.